The van der Waals surface area contributed by atoms with Crippen molar-refractivity contribution >= 4 is 17.8 Å². The maximum Gasteiger partial charge on any atom is 0.282 e. The van der Waals surface area contributed by atoms with Crippen LogP contribution in [0.1, 0.15) is 21.5 Å². The summed E-state index contributed by atoms with van der Waals surface area (Å²) in [5, 5.41) is 14.9. The van der Waals surface area contributed by atoms with Crippen LogP contribution in [0, 0.1) is 17.0 Å². The van der Waals surface area contributed by atoms with Crippen molar-refractivity contribution < 1.29 is 23.9 Å². The lowest BCUT2D eigenvalue weighted by Crippen LogP contribution is -2.19. The highest BCUT2D eigenvalue weighted by molar-refractivity contribution is 5.98. The monoisotopic (exact) mass is 373 g/mol. The van der Waals surface area contributed by atoms with Gasteiger partial charge in [0.1, 0.15) is 5.56 Å². The first-order chi connectivity index (χ1) is 12.9. The van der Waals surface area contributed by atoms with Crippen LogP contribution in [-0.4, -0.2) is 38.4 Å². The summed E-state index contributed by atoms with van der Waals surface area (Å²) in [4.78, 5) is 22.7. The number of rotatable bonds is 7. The van der Waals surface area contributed by atoms with Gasteiger partial charge in [-0.1, -0.05) is 6.07 Å². The zero-order chi connectivity index (χ0) is 20.0. The van der Waals surface area contributed by atoms with Gasteiger partial charge in [-0.05, 0) is 30.7 Å². The standard InChI is InChI=1S/C18H19N3O6/c1-11-5-6-14(21(23)24)13(7-11)18(22)20-19-10-12-8-15(25-2)17(27-4)16(9-12)26-3/h5-10H,1-4H3,(H,20,22)/b19-10+. The predicted octanol–water partition coefficient (Wildman–Crippen LogP) is 2.69. The number of nitrogens with zero attached hydrogens (tertiary/aromatic N) is 2. The minimum absolute atomic E-state index is 0.0676. The van der Waals surface area contributed by atoms with E-state index >= 15 is 0 Å². The predicted molar refractivity (Wildman–Crippen MR) is 99.0 cm³/mol. The van der Waals surface area contributed by atoms with Crippen LogP contribution in [0.15, 0.2) is 35.4 Å². The molecule has 0 saturated heterocycles. The first kappa shape index (κ1) is 19.7. The molecule has 142 valence electrons. The van der Waals surface area contributed by atoms with E-state index in [1.807, 2.05) is 0 Å². The van der Waals surface area contributed by atoms with E-state index in [4.69, 9.17) is 14.2 Å². The van der Waals surface area contributed by atoms with Gasteiger partial charge in [0.05, 0.1) is 32.5 Å². The third-order valence-corrected chi connectivity index (χ3v) is 3.66. The fraction of sp³-hybridized carbons (Fsp3) is 0.222. The van der Waals surface area contributed by atoms with Crippen LogP contribution < -0.4 is 19.6 Å². The van der Waals surface area contributed by atoms with Gasteiger partial charge in [0.25, 0.3) is 11.6 Å². The molecule has 9 nitrogen and oxygen atoms in total. The highest BCUT2D eigenvalue weighted by Crippen LogP contribution is 2.37. The number of carbonyl (C=O) groups is 1. The molecular weight excluding hydrogens is 354 g/mol. The van der Waals surface area contributed by atoms with Crippen molar-refractivity contribution in [2.45, 2.75) is 6.92 Å². The lowest BCUT2D eigenvalue weighted by molar-refractivity contribution is -0.385. The molecule has 27 heavy (non-hydrogen) atoms. The van der Waals surface area contributed by atoms with Crippen molar-refractivity contribution in [1.82, 2.24) is 5.43 Å². The first-order valence-corrected chi connectivity index (χ1v) is 7.79. The van der Waals surface area contributed by atoms with Crippen LogP contribution in [0.4, 0.5) is 5.69 Å². The molecule has 0 bridgehead atoms. The van der Waals surface area contributed by atoms with Crippen LogP contribution in [0.5, 0.6) is 17.2 Å². The molecular formula is C18H19N3O6. The number of nitro groups is 1. The summed E-state index contributed by atoms with van der Waals surface area (Å²) in [5.41, 5.74) is 3.22. The van der Waals surface area contributed by atoms with Crippen LogP contribution in [-0.2, 0) is 0 Å². The van der Waals surface area contributed by atoms with E-state index in [1.165, 1.54) is 39.7 Å². The number of amides is 1. The van der Waals surface area contributed by atoms with E-state index in [9.17, 15) is 14.9 Å². The molecule has 0 unspecified atom stereocenters. The molecule has 0 aromatic heterocycles. The Bertz CT molecular complexity index is 870. The first-order valence-electron chi connectivity index (χ1n) is 7.79. The summed E-state index contributed by atoms with van der Waals surface area (Å²) in [7, 11) is 4.46. The average Bonchev–Trinajstić information content (AvgIpc) is 2.66. The Morgan fingerprint density at radius 1 is 1.11 bits per heavy atom. The van der Waals surface area contributed by atoms with Gasteiger partial charge in [0.2, 0.25) is 5.75 Å². The molecule has 2 rings (SSSR count). The van der Waals surface area contributed by atoms with Crippen LogP contribution in [0.2, 0.25) is 0 Å². The summed E-state index contributed by atoms with van der Waals surface area (Å²) in [6.45, 7) is 1.74. The molecule has 0 saturated carbocycles. The summed E-state index contributed by atoms with van der Waals surface area (Å²) >= 11 is 0. The van der Waals surface area contributed by atoms with E-state index in [1.54, 1.807) is 25.1 Å². The van der Waals surface area contributed by atoms with E-state index in [-0.39, 0.29) is 11.3 Å². The Morgan fingerprint density at radius 3 is 2.26 bits per heavy atom. The Labute approximate surface area is 155 Å². The molecule has 0 fully saturated rings. The number of ether oxygens (including phenoxy) is 3. The number of methoxy groups -OCH3 is 3. The summed E-state index contributed by atoms with van der Waals surface area (Å²) in [6, 6.07) is 7.57. The van der Waals surface area contributed by atoms with Crippen LogP contribution >= 0.6 is 0 Å². The molecule has 0 aliphatic carbocycles. The van der Waals surface area contributed by atoms with Crippen molar-refractivity contribution in [3.05, 3.63) is 57.1 Å². The molecule has 9 heteroatoms. The quantitative estimate of drug-likeness (QED) is 0.454. The second kappa shape index (κ2) is 8.65. The number of hydrogen-bond donors (Lipinski definition) is 1. The van der Waals surface area contributed by atoms with Gasteiger partial charge in [0, 0.05) is 11.6 Å². The molecule has 1 amide bonds. The SMILES string of the molecule is COc1cc(/C=N/NC(=O)c2cc(C)ccc2[N+](=O)[O-])cc(OC)c1OC. The number of hydrazone groups is 1. The Hall–Kier alpha value is -3.62. The van der Waals surface area contributed by atoms with E-state index in [0.717, 1.165) is 5.56 Å². The zero-order valence-corrected chi connectivity index (χ0v) is 15.3. The van der Waals surface area contributed by atoms with E-state index < -0.39 is 10.8 Å². The number of carbonyl (C=O) groups excluding carboxylic acids is 1. The van der Waals surface area contributed by atoms with Crippen LogP contribution in [0.25, 0.3) is 0 Å². The molecule has 2 aromatic carbocycles. The Kier molecular flexibility index (Phi) is 6.32. The Morgan fingerprint density at radius 2 is 1.74 bits per heavy atom. The summed E-state index contributed by atoms with van der Waals surface area (Å²) < 4.78 is 15.7. The Balaban J connectivity index is 2.24. The van der Waals surface area contributed by atoms with Gasteiger partial charge in [-0.25, -0.2) is 5.43 Å². The minimum atomic E-state index is -0.686. The van der Waals surface area contributed by atoms with Crippen molar-refractivity contribution in [1.29, 1.82) is 0 Å². The third-order valence-electron chi connectivity index (χ3n) is 3.66. The van der Waals surface area contributed by atoms with Gasteiger partial charge >= 0.3 is 0 Å². The summed E-state index contributed by atoms with van der Waals surface area (Å²) in [6.07, 6.45) is 1.37. The normalized spacial score (nSPS) is 10.5. The van der Waals surface area contributed by atoms with Gasteiger partial charge in [-0.15, -0.1) is 0 Å². The van der Waals surface area contributed by atoms with Gasteiger partial charge in [-0.2, -0.15) is 5.10 Å². The topological polar surface area (TPSA) is 112 Å². The minimum Gasteiger partial charge on any atom is -0.493 e. The van der Waals surface area contributed by atoms with Crippen molar-refractivity contribution in [2.24, 2.45) is 5.10 Å². The molecule has 0 aliphatic heterocycles. The average molecular weight is 373 g/mol. The number of nitrogens with one attached hydrogen (secondary N) is 1. The fourth-order valence-electron chi connectivity index (χ4n) is 2.39. The van der Waals surface area contributed by atoms with E-state index in [0.29, 0.717) is 22.8 Å². The number of nitro benzene ring substituents is 1. The third kappa shape index (κ3) is 4.51. The summed E-state index contributed by atoms with van der Waals surface area (Å²) in [5.74, 6) is 0.601. The number of hydrogen-bond acceptors (Lipinski definition) is 7. The van der Waals surface area contributed by atoms with Gasteiger partial charge < -0.3 is 14.2 Å². The molecule has 0 heterocycles. The zero-order valence-electron chi connectivity index (χ0n) is 15.3. The molecule has 0 spiro atoms. The molecule has 0 aliphatic rings. The fourth-order valence-corrected chi connectivity index (χ4v) is 2.39. The smallest absolute Gasteiger partial charge is 0.282 e. The van der Waals surface area contributed by atoms with Crippen molar-refractivity contribution in [3.8, 4) is 17.2 Å². The second-order valence-electron chi connectivity index (χ2n) is 5.44. The molecule has 0 radical (unpaired) electrons. The number of aryl methyl sites for hydroxylation is 1. The van der Waals surface area contributed by atoms with Gasteiger partial charge in [0.15, 0.2) is 11.5 Å². The molecule has 0 atom stereocenters. The number of benzene rings is 2. The highest BCUT2D eigenvalue weighted by atomic mass is 16.6. The lowest BCUT2D eigenvalue weighted by atomic mass is 10.1. The van der Waals surface area contributed by atoms with E-state index in [2.05, 4.69) is 10.5 Å². The van der Waals surface area contributed by atoms with Crippen molar-refractivity contribution in [3.63, 3.8) is 0 Å². The van der Waals surface area contributed by atoms with Crippen LogP contribution in [0.3, 0.4) is 0 Å². The van der Waals surface area contributed by atoms with Crippen molar-refractivity contribution in [2.75, 3.05) is 21.3 Å². The highest BCUT2D eigenvalue weighted by Gasteiger charge is 2.19. The lowest BCUT2D eigenvalue weighted by Gasteiger charge is -2.12. The molecule has 1 N–H and O–H groups in total. The van der Waals surface area contributed by atoms with Gasteiger partial charge in [-0.3, -0.25) is 14.9 Å². The largest absolute Gasteiger partial charge is 0.493 e. The maximum atomic E-state index is 12.3. The second-order valence-corrected chi connectivity index (χ2v) is 5.44. The maximum absolute atomic E-state index is 12.3. The molecule has 2 aromatic rings.